The van der Waals surface area contributed by atoms with Gasteiger partial charge in [-0.2, -0.15) is 5.26 Å². The number of fused-ring (bicyclic) bond motifs is 1. The zero-order valence-corrected chi connectivity index (χ0v) is 17.6. The lowest BCUT2D eigenvalue weighted by molar-refractivity contribution is 0.0735. The standard InChI is InChI=1S/C25H24N4O2/c1-28-16-19(14-26)13-24(28)25(30)29(17-18-7-9-21(31-2)10-8-18)12-11-20-15-27-23-6-4-3-5-22(20)23/h3-10,13,15-16,27H,11-12,17H2,1-2H3. The lowest BCUT2D eigenvalue weighted by atomic mass is 10.1. The summed E-state index contributed by atoms with van der Waals surface area (Å²) in [5.41, 5.74) is 4.26. The molecule has 0 bridgehead atoms. The Morgan fingerprint density at radius 1 is 1.19 bits per heavy atom. The molecule has 2 aromatic heterocycles. The number of nitriles is 1. The van der Waals surface area contributed by atoms with Gasteiger partial charge in [0.05, 0.1) is 12.7 Å². The minimum atomic E-state index is -0.0975. The van der Waals surface area contributed by atoms with Gasteiger partial charge in [0.15, 0.2) is 0 Å². The fourth-order valence-electron chi connectivity index (χ4n) is 3.80. The summed E-state index contributed by atoms with van der Waals surface area (Å²) in [6, 6.07) is 19.7. The normalized spacial score (nSPS) is 10.7. The van der Waals surface area contributed by atoms with Gasteiger partial charge in [0.1, 0.15) is 17.5 Å². The second-order valence-corrected chi connectivity index (χ2v) is 7.52. The van der Waals surface area contributed by atoms with Crippen molar-refractivity contribution in [2.45, 2.75) is 13.0 Å². The summed E-state index contributed by atoms with van der Waals surface area (Å²) in [6.07, 6.45) is 4.41. The molecule has 0 aliphatic heterocycles. The van der Waals surface area contributed by atoms with E-state index < -0.39 is 0 Å². The average molecular weight is 412 g/mol. The quantitative estimate of drug-likeness (QED) is 0.493. The third-order valence-electron chi connectivity index (χ3n) is 5.50. The van der Waals surface area contributed by atoms with E-state index in [4.69, 9.17) is 4.74 Å². The fraction of sp³-hybridized carbons (Fsp3) is 0.200. The molecule has 4 aromatic rings. The predicted molar refractivity (Wildman–Crippen MR) is 120 cm³/mol. The molecule has 0 saturated heterocycles. The van der Waals surface area contributed by atoms with Gasteiger partial charge in [-0.25, -0.2) is 0 Å². The zero-order valence-electron chi connectivity index (χ0n) is 17.6. The Balaban J connectivity index is 1.60. The van der Waals surface area contributed by atoms with Gasteiger partial charge >= 0.3 is 0 Å². The molecule has 2 aromatic carbocycles. The third-order valence-corrected chi connectivity index (χ3v) is 5.50. The number of hydrogen-bond acceptors (Lipinski definition) is 3. The summed E-state index contributed by atoms with van der Waals surface area (Å²) in [7, 11) is 3.42. The van der Waals surface area contributed by atoms with Crippen LogP contribution in [0.4, 0.5) is 0 Å². The number of methoxy groups -OCH3 is 1. The minimum Gasteiger partial charge on any atom is -0.497 e. The monoisotopic (exact) mass is 412 g/mol. The summed E-state index contributed by atoms with van der Waals surface area (Å²) in [5, 5.41) is 10.4. The van der Waals surface area contributed by atoms with Crippen LogP contribution in [0.3, 0.4) is 0 Å². The summed E-state index contributed by atoms with van der Waals surface area (Å²) >= 11 is 0. The highest BCUT2D eigenvalue weighted by Crippen LogP contribution is 2.20. The molecule has 6 nitrogen and oxygen atoms in total. The number of H-pyrrole nitrogens is 1. The highest BCUT2D eigenvalue weighted by molar-refractivity contribution is 5.93. The van der Waals surface area contributed by atoms with Crippen LogP contribution in [0, 0.1) is 11.3 Å². The summed E-state index contributed by atoms with van der Waals surface area (Å²) in [5.74, 6) is 0.682. The molecule has 0 atom stereocenters. The lowest BCUT2D eigenvalue weighted by Gasteiger charge is -2.23. The molecule has 0 aliphatic rings. The second kappa shape index (κ2) is 8.80. The Labute approximate surface area is 181 Å². The third kappa shape index (κ3) is 4.31. The molecular formula is C25H24N4O2. The van der Waals surface area contributed by atoms with Crippen LogP contribution in [0.2, 0.25) is 0 Å². The van der Waals surface area contributed by atoms with E-state index in [-0.39, 0.29) is 5.91 Å². The van der Waals surface area contributed by atoms with E-state index in [0.717, 1.165) is 23.3 Å². The maximum Gasteiger partial charge on any atom is 0.270 e. The van der Waals surface area contributed by atoms with Crippen LogP contribution in [-0.4, -0.2) is 34.0 Å². The molecule has 0 saturated carbocycles. The van der Waals surface area contributed by atoms with E-state index in [1.165, 1.54) is 10.9 Å². The number of nitrogens with one attached hydrogen (secondary N) is 1. The van der Waals surface area contributed by atoms with Crippen LogP contribution in [0.5, 0.6) is 5.75 Å². The number of aromatic nitrogens is 2. The van der Waals surface area contributed by atoms with Crippen molar-refractivity contribution in [2.24, 2.45) is 7.05 Å². The largest absolute Gasteiger partial charge is 0.497 e. The van der Waals surface area contributed by atoms with E-state index in [1.807, 2.05) is 53.6 Å². The number of hydrogen-bond donors (Lipinski definition) is 1. The molecule has 1 amide bonds. The van der Waals surface area contributed by atoms with Crippen LogP contribution in [0.15, 0.2) is 67.0 Å². The summed E-state index contributed by atoms with van der Waals surface area (Å²) in [6.45, 7) is 1.03. The molecule has 0 aliphatic carbocycles. The maximum atomic E-state index is 13.4. The van der Waals surface area contributed by atoms with Crippen LogP contribution >= 0.6 is 0 Å². The van der Waals surface area contributed by atoms with Crippen molar-refractivity contribution in [1.29, 1.82) is 5.26 Å². The lowest BCUT2D eigenvalue weighted by Crippen LogP contribution is -2.33. The molecule has 0 radical (unpaired) electrons. The van der Waals surface area contributed by atoms with Crippen LogP contribution in [0.25, 0.3) is 10.9 Å². The molecule has 6 heteroatoms. The number of amides is 1. The Hall–Kier alpha value is -3.98. The molecular weight excluding hydrogens is 388 g/mol. The molecule has 1 N–H and O–H groups in total. The minimum absolute atomic E-state index is 0.0975. The first-order chi connectivity index (χ1) is 15.1. The number of carbonyl (C=O) groups is 1. The van der Waals surface area contributed by atoms with Gasteiger partial charge in [0.25, 0.3) is 5.91 Å². The summed E-state index contributed by atoms with van der Waals surface area (Å²) < 4.78 is 6.96. The highest BCUT2D eigenvalue weighted by Gasteiger charge is 2.20. The molecule has 0 spiro atoms. The number of carbonyl (C=O) groups excluding carboxylic acids is 1. The molecule has 156 valence electrons. The highest BCUT2D eigenvalue weighted by atomic mass is 16.5. The number of para-hydroxylation sites is 1. The Morgan fingerprint density at radius 2 is 1.97 bits per heavy atom. The smallest absolute Gasteiger partial charge is 0.270 e. The number of aryl methyl sites for hydroxylation is 1. The van der Waals surface area contributed by atoms with Gasteiger partial charge in [0, 0.05) is 43.4 Å². The van der Waals surface area contributed by atoms with E-state index in [0.29, 0.717) is 24.3 Å². The van der Waals surface area contributed by atoms with Gasteiger partial charge in [-0.3, -0.25) is 4.79 Å². The van der Waals surface area contributed by atoms with E-state index >= 15 is 0 Å². The number of nitrogens with zero attached hydrogens (tertiary/aromatic N) is 3. The fourth-order valence-corrected chi connectivity index (χ4v) is 3.80. The van der Waals surface area contributed by atoms with Crippen molar-refractivity contribution in [1.82, 2.24) is 14.5 Å². The number of rotatable bonds is 7. The van der Waals surface area contributed by atoms with E-state index in [2.05, 4.69) is 17.1 Å². The molecule has 31 heavy (non-hydrogen) atoms. The van der Waals surface area contributed by atoms with Gasteiger partial charge in [-0.1, -0.05) is 30.3 Å². The van der Waals surface area contributed by atoms with Crippen molar-refractivity contribution >= 4 is 16.8 Å². The van der Waals surface area contributed by atoms with Crippen LogP contribution in [-0.2, 0) is 20.0 Å². The second-order valence-electron chi connectivity index (χ2n) is 7.52. The molecule has 0 unspecified atom stereocenters. The topological polar surface area (TPSA) is 74.1 Å². The number of ether oxygens (including phenoxy) is 1. The van der Waals surface area contributed by atoms with Gasteiger partial charge in [-0.05, 0) is 41.8 Å². The molecule has 0 fully saturated rings. The van der Waals surface area contributed by atoms with Gasteiger partial charge in [-0.15, -0.1) is 0 Å². The Morgan fingerprint density at radius 3 is 2.68 bits per heavy atom. The zero-order chi connectivity index (χ0) is 21.8. The number of benzene rings is 2. The predicted octanol–water partition coefficient (Wildman–Crippen LogP) is 4.27. The van der Waals surface area contributed by atoms with Crippen molar-refractivity contribution in [3.05, 3.63) is 89.4 Å². The first-order valence-corrected chi connectivity index (χ1v) is 10.1. The first kappa shape index (κ1) is 20.3. The van der Waals surface area contributed by atoms with Crippen LogP contribution < -0.4 is 4.74 Å². The van der Waals surface area contributed by atoms with Crippen molar-refractivity contribution in [2.75, 3.05) is 13.7 Å². The van der Waals surface area contributed by atoms with E-state index in [9.17, 15) is 10.1 Å². The average Bonchev–Trinajstić information content (AvgIpc) is 3.39. The molecule has 4 rings (SSSR count). The SMILES string of the molecule is COc1ccc(CN(CCc2c[nH]c3ccccc23)C(=O)c2cc(C#N)cn2C)cc1. The van der Waals surface area contributed by atoms with Gasteiger partial charge < -0.3 is 19.2 Å². The van der Waals surface area contributed by atoms with Crippen LogP contribution in [0.1, 0.15) is 27.2 Å². The van der Waals surface area contributed by atoms with Crippen molar-refractivity contribution in [3.63, 3.8) is 0 Å². The van der Waals surface area contributed by atoms with Crippen molar-refractivity contribution < 1.29 is 9.53 Å². The Bertz CT molecular complexity index is 1240. The maximum absolute atomic E-state index is 13.4. The Kier molecular flexibility index (Phi) is 5.76. The van der Waals surface area contributed by atoms with E-state index in [1.54, 1.807) is 31.0 Å². The first-order valence-electron chi connectivity index (χ1n) is 10.1. The van der Waals surface area contributed by atoms with Crippen molar-refractivity contribution in [3.8, 4) is 11.8 Å². The number of aromatic amines is 1. The summed E-state index contributed by atoms with van der Waals surface area (Å²) in [4.78, 5) is 18.5. The molecule has 2 heterocycles. The van der Waals surface area contributed by atoms with Gasteiger partial charge in [0.2, 0.25) is 0 Å².